The van der Waals surface area contributed by atoms with Crippen LogP contribution in [-0.4, -0.2) is 25.8 Å². The van der Waals surface area contributed by atoms with Crippen LogP contribution >= 0.6 is 0 Å². The Hall–Kier alpha value is -0.570. The van der Waals surface area contributed by atoms with E-state index in [-0.39, 0.29) is 5.97 Å². The van der Waals surface area contributed by atoms with E-state index in [0.717, 1.165) is 32.5 Å². The van der Waals surface area contributed by atoms with Gasteiger partial charge in [-0.2, -0.15) is 0 Å². The molecular weight excluding hydrogens is 192 g/mol. The number of esters is 1. The molecule has 0 N–H and O–H groups in total. The van der Waals surface area contributed by atoms with Gasteiger partial charge in [0.25, 0.3) is 0 Å². The van der Waals surface area contributed by atoms with E-state index in [4.69, 9.17) is 9.47 Å². The quantitative estimate of drug-likeness (QED) is 0.439. The molecule has 0 rings (SSSR count). The molecule has 90 valence electrons. The van der Waals surface area contributed by atoms with Crippen LogP contribution in [0.15, 0.2) is 0 Å². The molecule has 0 aliphatic rings. The molecule has 0 saturated carbocycles. The first-order chi connectivity index (χ1) is 7.16. The highest BCUT2D eigenvalue weighted by Gasteiger charge is 2.00. The smallest absolute Gasteiger partial charge is 0.305 e. The summed E-state index contributed by atoms with van der Waals surface area (Å²) in [4.78, 5) is 11.0. The summed E-state index contributed by atoms with van der Waals surface area (Å²) in [6.07, 6.45) is 3.52. The Labute approximate surface area is 93.1 Å². The van der Waals surface area contributed by atoms with Gasteiger partial charge in [0.1, 0.15) is 0 Å². The van der Waals surface area contributed by atoms with Crippen LogP contribution in [0.5, 0.6) is 0 Å². The van der Waals surface area contributed by atoms with Crippen LogP contribution in [0.1, 0.15) is 46.5 Å². The van der Waals surface area contributed by atoms with Crippen molar-refractivity contribution >= 4 is 5.97 Å². The van der Waals surface area contributed by atoms with E-state index in [1.807, 2.05) is 6.92 Å². The van der Waals surface area contributed by atoms with Crippen molar-refractivity contribution in [3.05, 3.63) is 0 Å². The summed E-state index contributed by atoms with van der Waals surface area (Å²) >= 11 is 0. The average molecular weight is 216 g/mol. The zero-order valence-electron chi connectivity index (χ0n) is 10.3. The van der Waals surface area contributed by atoms with Crippen molar-refractivity contribution in [2.24, 2.45) is 5.92 Å². The van der Waals surface area contributed by atoms with Gasteiger partial charge in [-0.3, -0.25) is 4.79 Å². The molecular formula is C12H24O3. The van der Waals surface area contributed by atoms with E-state index in [0.29, 0.717) is 18.9 Å². The van der Waals surface area contributed by atoms with Crippen LogP contribution in [0.3, 0.4) is 0 Å². The lowest BCUT2D eigenvalue weighted by molar-refractivity contribution is -0.143. The Balaban J connectivity index is 3.08. The normalized spacial score (nSPS) is 10.7. The topological polar surface area (TPSA) is 35.5 Å². The number of hydrogen-bond acceptors (Lipinski definition) is 3. The van der Waals surface area contributed by atoms with Crippen LogP contribution in [0.25, 0.3) is 0 Å². The van der Waals surface area contributed by atoms with Crippen molar-refractivity contribution in [2.45, 2.75) is 46.5 Å². The first kappa shape index (κ1) is 14.4. The summed E-state index contributed by atoms with van der Waals surface area (Å²) in [5.41, 5.74) is 0. The molecule has 0 spiro atoms. The molecule has 0 aliphatic heterocycles. The Morgan fingerprint density at radius 2 is 1.93 bits per heavy atom. The molecule has 0 atom stereocenters. The van der Waals surface area contributed by atoms with E-state index < -0.39 is 0 Å². The van der Waals surface area contributed by atoms with Gasteiger partial charge >= 0.3 is 5.97 Å². The maximum atomic E-state index is 11.0. The monoisotopic (exact) mass is 216 g/mol. The van der Waals surface area contributed by atoms with Gasteiger partial charge in [-0.15, -0.1) is 0 Å². The fourth-order valence-corrected chi connectivity index (χ4v) is 1.20. The SMILES string of the molecule is CCOC(=O)CCCCCOCC(C)C. The Morgan fingerprint density at radius 1 is 1.20 bits per heavy atom. The minimum atomic E-state index is -0.0828. The van der Waals surface area contributed by atoms with Crippen LogP contribution in [0.4, 0.5) is 0 Å². The van der Waals surface area contributed by atoms with Crippen molar-refractivity contribution in [1.29, 1.82) is 0 Å². The van der Waals surface area contributed by atoms with E-state index in [9.17, 15) is 4.79 Å². The lowest BCUT2D eigenvalue weighted by atomic mass is 10.2. The zero-order valence-corrected chi connectivity index (χ0v) is 10.3. The first-order valence-electron chi connectivity index (χ1n) is 5.90. The number of carbonyl (C=O) groups excluding carboxylic acids is 1. The third kappa shape index (κ3) is 11.4. The Kier molecular flexibility index (Phi) is 9.59. The lowest BCUT2D eigenvalue weighted by Crippen LogP contribution is -2.05. The highest BCUT2D eigenvalue weighted by molar-refractivity contribution is 5.69. The molecule has 0 radical (unpaired) electrons. The fraction of sp³-hybridized carbons (Fsp3) is 0.917. The Bertz CT molecular complexity index is 155. The molecule has 0 bridgehead atoms. The second-order valence-corrected chi connectivity index (χ2v) is 4.08. The largest absolute Gasteiger partial charge is 0.466 e. The van der Waals surface area contributed by atoms with Crippen molar-refractivity contribution in [3.8, 4) is 0 Å². The molecule has 3 heteroatoms. The second kappa shape index (κ2) is 9.97. The summed E-state index contributed by atoms with van der Waals surface area (Å²) in [6, 6.07) is 0. The van der Waals surface area contributed by atoms with Crippen molar-refractivity contribution in [1.82, 2.24) is 0 Å². The highest BCUT2D eigenvalue weighted by Crippen LogP contribution is 2.02. The number of ether oxygens (including phenoxy) is 2. The molecule has 0 unspecified atom stereocenters. The minimum absolute atomic E-state index is 0.0828. The molecule has 0 aromatic carbocycles. The van der Waals surface area contributed by atoms with Crippen molar-refractivity contribution in [3.63, 3.8) is 0 Å². The van der Waals surface area contributed by atoms with Crippen LogP contribution < -0.4 is 0 Å². The number of rotatable bonds is 9. The van der Waals surface area contributed by atoms with E-state index in [1.54, 1.807) is 0 Å². The van der Waals surface area contributed by atoms with Crippen molar-refractivity contribution < 1.29 is 14.3 Å². The molecule has 0 aromatic heterocycles. The predicted molar refractivity (Wildman–Crippen MR) is 60.8 cm³/mol. The summed E-state index contributed by atoms with van der Waals surface area (Å²) in [5, 5.41) is 0. The van der Waals surface area contributed by atoms with Crippen LogP contribution in [-0.2, 0) is 14.3 Å². The van der Waals surface area contributed by atoms with Gasteiger partial charge in [0, 0.05) is 19.6 Å². The molecule has 3 nitrogen and oxygen atoms in total. The standard InChI is InChI=1S/C12H24O3/c1-4-15-12(13)8-6-5-7-9-14-10-11(2)3/h11H,4-10H2,1-3H3. The van der Waals surface area contributed by atoms with Gasteiger partial charge in [-0.1, -0.05) is 20.3 Å². The van der Waals surface area contributed by atoms with E-state index in [1.165, 1.54) is 0 Å². The molecule has 0 fully saturated rings. The van der Waals surface area contributed by atoms with Crippen molar-refractivity contribution in [2.75, 3.05) is 19.8 Å². The molecule has 0 aromatic rings. The summed E-state index contributed by atoms with van der Waals surface area (Å²) in [6.45, 7) is 8.23. The maximum absolute atomic E-state index is 11.0. The fourth-order valence-electron chi connectivity index (χ4n) is 1.20. The van der Waals surface area contributed by atoms with Gasteiger partial charge in [-0.05, 0) is 25.7 Å². The summed E-state index contributed by atoms with van der Waals surface area (Å²) < 4.78 is 10.3. The number of unbranched alkanes of at least 4 members (excludes halogenated alkanes) is 2. The van der Waals surface area contributed by atoms with Crippen LogP contribution in [0, 0.1) is 5.92 Å². The third-order valence-corrected chi connectivity index (χ3v) is 1.93. The van der Waals surface area contributed by atoms with Gasteiger partial charge in [0.05, 0.1) is 6.61 Å². The maximum Gasteiger partial charge on any atom is 0.305 e. The Morgan fingerprint density at radius 3 is 2.53 bits per heavy atom. The highest BCUT2D eigenvalue weighted by atomic mass is 16.5. The summed E-state index contributed by atoms with van der Waals surface area (Å²) in [7, 11) is 0. The summed E-state index contributed by atoms with van der Waals surface area (Å²) in [5.74, 6) is 0.519. The third-order valence-electron chi connectivity index (χ3n) is 1.93. The predicted octanol–water partition coefficient (Wildman–Crippen LogP) is 2.78. The molecule has 0 heterocycles. The molecule has 0 amide bonds. The van der Waals surface area contributed by atoms with E-state index in [2.05, 4.69) is 13.8 Å². The van der Waals surface area contributed by atoms with E-state index >= 15 is 0 Å². The van der Waals surface area contributed by atoms with Gasteiger partial charge in [0.2, 0.25) is 0 Å². The van der Waals surface area contributed by atoms with Gasteiger partial charge < -0.3 is 9.47 Å². The molecule has 15 heavy (non-hydrogen) atoms. The lowest BCUT2D eigenvalue weighted by Gasteiger charge is -2.06. The minimum Gasteiger partial charge on any atom is -0.466 e. The number of carbonyl (C=O) groups is 1. The second-order valence-electron chi connectivity index (χ2n) is 4.08. The van der Waals surface area contributed by atoms with Gasteiger partial charge in [0.15, 0.2) is 0 Å². The van der Waals surface area contributed by atoms with Gasteiger partial charge in [-0.25, -0.2) is 0 Å². The average Bonchev–Trinajstić information content (AvgIpc) is 2.16. The first-order valence-corrected chi connectivity index (χ1v) is 5.90. The van der Waals surface area contributed by atoms with Crippen LogP contribution in [0.2, 0.25) is 0 Å². The number of hydrogen-bond donors (Lipinski definition) is 0. The molecule has 0 aliphatic carbocycles. The zero-order chi connectivity index (χ0) is 11.5. The molecule has 0 saturated heterocycles.